The molecule has 0 fully saturated rings. The van der Waals surface area contributed by atoms with Crippen LogP contribution in [0.25, 0.3) is 0 Å². The second-order valence-electron chi connectivity index (χ2n) is 4.57. The quantitative estimate of drug-likeness (QED) is 0.682. The molecule has 13 heavy (non-hydrogen) atoms. The second-order valence-corrected chi connectivity index (χ2v) is 4.57. The van der Waals surface area contributed by atoms with Gasteiger partial charge >= 0.3 is 0 Å². The summed E-state index contributed by atoms with van der Waals surface area (Å²) in [6.45, 7) is 13.4. The molecular weight excluding hydrogens is 160 g/mol. The molecule has 0 radical (unpaired) electrons. The maximum atomic E-state index is 3.43. The standard InChI is InChI=1S/C11H26N2/c1-9(2)11(5)13(6)8-7-12-10(3)4/h9-12H,7-8H2,1-6H3. The Hall–Kier alpha value is -0.0800. The molecule has 0 aliphatic carbocycles. The van der Waals surface area contributed by atoms with Gasteiger partial charge in [-0.15, -0.1) is 0 Å². The Balaban J connectivity index is 3.55. The molecule has 0 aliphatic heterocycles. The van der Waals surface area contributed by atoms with Gasteiger partial charge in [-0.25, -0.2) is 0 Å². The largest absolute Gasteiger partial charge is 0.313 e. The van der Waals surface area contributed by atoms with Crippen LogP contribution in [0.15, 0.2) is 0 Å². The maximum Gasteiger partial charge on any atom is 0.0107 e. The first-order valence-electron chi connectivity index (χ1n) is 5.38. The number of hydrogen-bond donors (Lipinski definition) is 1. The fourth-order valence-electron chi connectivity index (χ4n) is 1.24. The molecule has 0 saturated heterocycles. The van der Waals surface area contributed by atoms with E-state index < -0.39 is 0 Å². The summed E-state index contributed by atoms with van der Waals surface area (Å²) >= 11 is 0. The molecule has 0 heterocycles. The summed E-state index contributed by atoms with van der Waals surface area (Å²) in [6, 6.07) is 1.27. The van der Waals surface area contributed by atoms with Gasteiger partial charge in [-0.2, -0.15) is 0 Å². The van der Waals surface area contributed by atoms with E-state index in [-0.39, 0.29) is 0 Å². The Bertz CT molecular complexity index is 121. The van der Waals surface area contributed by atoms with Crippen molar-refractivity contribution >= 4 is 0 Å². The maximum absolute atomic E-state index is 3.43. The average Bonchev–Trinajstić information content (AvgIpc) is 2.02. The third kappa shape index (κ3) is 6.05. The van der Waals surface area contributed by atoms with Gasteiger partial charge in [0, 0.05) is 25.2 Å². The van der Waals surface area contributed by atoms with E-state index in [9.17, 15) is 0 Å². The summed E-state index contributed by atoms with van der Waals surface area (Å²) in [4.78, 5) is 2.42. The smallest absolute Gasteiger partial charge is 0.0107 e. The molecule has 0 spiro atoms. The van der Waals surface area contributed by atoms with Crippen LogP contribution in [-0.4, -0.2) is 37.1 Å². The molecule has 1 atom stereocenters. The first kappa shape index (κ1) is 12.9. The molecule has 1 N–H and O–H groups in total. The van der Waals surface area contributed by atoms with Crippen LogP contribution in [-0.2, 0) is 0 Å². The number of rotatable bonds is 6. The van der Waals surface area contributed by atoms with Gasteiger partial charge in [-0.3, -0.25) is 0 Å². The number of likely N-dealkylation sites (N-methyl/N-ethyl adjacent to an activating group) is 1. The number of nitrogens with zero attached hydrogens (tertiary/aromatic N) is 1. The van der Waals surface area contributed by atoms with Crippen molar-refractivity contribution < 1.29 is 0 Å². The Morgan fingerprint density at radius 1 is 1.08 bits per heavy atom. The lowest BCUT2D eigenvalue weighted by molar-refractivity contribution is 0.207. The molecular formula is C11H26N2. The summed E-state index contributed by atoms with van der Waals surface area (Å²) in [5.41, 5.74) is 0. The predicted octanol–water partition coefficient (Wildman–Crippen LogP) is 1.96. The van der Waals surface area contributed by atoms with Crippen molar-refractivity contribution in [2.24, 2.45) is 5.92 Å². The van der Waals surface area contributed by atoms with Crippen LogP contribution in [0.4, 0.5) is 0 Å². The topological polar surface area (TPSA) is 15.3 Å². The normalized spacial score (nSPS) is 14.5. The number of nitrogens with one attached hydrogen (secondary N) is 1. The molecule has 0 rings (SSSR count). The van der Waals surface area contributed by atoms with E-state index in [1.807, 2.05) is 0 Å². The van der Waals surface area contributed by atoms with Crippen molar-refractivity contribution in [1.82, 2.24) is 10.2 Å². The molecule has 2 nitrogen and oxygen atoms in total. The molecule has 0 aliphatic rings. The van der Waals surface area contributed by atoms with Crippen LogP contribution in [0.1, 0.15) is 34.6 Å². The van der Waals surface area contributed by atoms with E-state index >= 15 is 0 Å². The highest BCUT2D eigenvalue weighted by Crippen LogP contribution is 2.06. The minimum atomic E-state index is 0.600. The van der Waals surface area contributed by atoms with E-state index in [1.165, 1.54) is 0 Å². The molecule has 0 aromatic carbocycles. The van der Waals surface area contributed by atoms with E-state index in [4.69, 9.17) is 0 Å². The zero-order valence-electron chi connectivity index (χ0n) is 10.1. The zero-order valence-corrected chi connectivity index (χ0v) is 10.1. The van der Waals surface area contributed by atoms with Crippen molar-refractivity contribution in [2.45, 2.75) is 46.7 Å². The van der Waals surface area contributed by atoms with Crippen LogP contribution in [0, 0.1) is 5.92 Å². The van der Waals surface area contributed by atoms with Crippen molar-refractivity contribution in [3.8, 4) is 0 Å². The van der Waals surface area contributed by atoms with Crippen LogP contribution in [0.2, 0.25) is 0 Å². The minimum Gasteiger partial charge on any atom is -0.313 e. The fraction of sp³-hybridized carbons (Fsp3) is 1.00. The van der Waals surface area contributed by atoms with Crippen LogP contribution >= 0.6 is 0 Å². The molecule has 0 bridgehead atoms. The van der Waals surface area contributed by atoms with E-state index in [1.54, 1.807) is 0 Å². The fourth-order valence-corrected chi connectivity index (χ4v) is 1.24. The van der Waals surface area contributed by atoms with Crippen LogP contribution < -0.4 is 5.32 Å². The molecule has 0 aromatic heterocycles. The third-order valence-corrected chi connectivity index (χ3v) is 2.68. The van der Waals surface area contributed by atoms with Gasteiger partial charge in [0.25, 0.3) is 0 Å². The van der Waals surface area contributed by atoms with Crippen molar-refractivity contribution in [1.29, 1.82) is 0 Å². The van der Waals surface area contributed by atoms with Crippen LogP contribution in [0.5, 0.6) is 0 Å². The van der Waals surface area contributed by atoms with Crippen molar-refractivity contribution in [2.75, 3.05) is 20.1 Å². The molecule has 1 unspecified atom stereocenters. The lowest BCUT2D eigenvalue weighted by Gasteiger charge is -2.28. The lowest BCUT2D eigenvalue weighted by Crippen LogP contribution is -2.39. The Morgan fingerprint density at radius 2 is 1.62 bits per heavy atom. The molecule has 80 valence electrons. The minimum absolute atomic E-state index is 0.600. The number of hydrogen-bond acceptors (Lipinski definition) is 2. The average molecular weight is 186 g/mol. The summed E-state index contributed by atoms with van der Waals surface area (Å²) < 4.78 is 0. The molecule has 2 heteroatoms. The monoisotopic (exact) mass is 186 g/mol. The second kappa shape index (κ2) is 6.39. The van der Waals surface area contributed by atoms with E-state index in [0.29, 0.717) is 12.1 Å². The van der Waals surface area contributed by atoms with Crippen LogP contribution in [0.3, 0.4) is 0 Å². The zero-order chi connectivity index (χ0) is 10.4. The first-order chi connectivity index (χ1) is 5.95. The SMILES string of the molecule is CC(C)NCCN(C)C(C)C(C)C. The highest BCUT2D eigenvalue weighted by atomic mass is 15.1. The molecule has 0 amide bonds. The predicted molar refractivity (Wildman–Crippen MR) is 60.1 cm³/mol. The highest BCUT2D eigenvalue weighted by molar-refractivity contribution is 4.67. The van der Waals surface area contributed by atoms with Gasteiger partial charge < -0.3 is 10.2 Å². The Morgan fingerprint density at radius 3 is 2.00 bits per heavy atom. The van der Waals surface area contributed by atoms with E-state index in [0.717, 1.165) is 19.0 Å². The molecule has 0 aromatic rings. The van der Waals surface area contributed by atoms with Gasteiger partial charge in [0.15, 0.2) is 0 Å². The van der Waals surface area contributed by atoms with E-state index in [2.05, 4.69) is 51.9 Å². The first-order valence-corrected chi connectivity index (χ1v) is 5.38. The van der Waals surface area contributed by atoms with Gasteiger partial charge in [0.05, 0.1) is 0 Å². The van der Waals surface area contributed by atoms with Gasteiger partial charge in [-0.05, 0) is 19.9 Å². The summed E-state index contributed by atoms with van der Waals surface area (Å²) in [5, 5.41) is 3.43. The Kier molecular flexibility index (Phi) is 6.35. The molecule has 0 saturated carbocycles. The van der Waals surface area contributed by atoms with Crippen molar-refractivity contribution in [3.63, 3.8) is 0 Å². The summed E-state index contributed by atoms with van der Waals surface area (Å²) in [5.74, 6) is 0.740. The van der Waals surface area contributed by atoms with Gasteiger partial charge in [0.1, 0.15) is 0 Å². The van der Waals surface area contributed by atoms with Gasteiger partial charge in [0.2, 0.25) is 0 Å². The third-order valence-electron chi connectivity index (χ3n) is 2.68. The van der Waals surface area contributed by atoms with Gasteiger partial charge in [-0.1, -0.05) is 27.7 Å². The highest BCUT2D eigenvalue weighted by Gasteiger charge is 2.11. The Labute approximate surface area is 83.7 Å². The summed E-state index contributed by atoms with van der Waals surface area (Å²) in [6.07, 6.45) is 0. The van der Waals surface area contributed by atoms with Crippen molar-refractivity contribution in [3.05, 3.63) is 0 Å². The summed E-state index contributed by atoms with van der Waals surface area (Å²) in [7, 11) is 2.20. The lowest BCUT2D eigenvalue weighted by atomic mass is 10.1.